The van der Waals surface area contributed by atoms with E-state index in [1.807, 2.05) is 34.6 Å². The minimum atomic E-state index is -0.555. The molecule has 0 N–H and O–H groups in total. The smallest absolute Gasteiger partial charge is 0.410 e. The molecule has 1 saturated heterocycles. The molecule has 2 aliphatic rings. The Balaban J connectivity index is 1.81. The van der Waals surface area contributed by atoms with Crippen LogP contribution < -0.4 is 0 Å². The zero-order valence-corrected chi connectivity index (χ0v) is 18.3. The van der Waals surface area contributed by atoms with Crippen molar-refractivity contribution >= 4 is 6.09 Å². The molecular formula is C21H35N3O5. The number of hydrogen-bond donors (Lipinski definition) is 0. The third kappa shape index (κ3) is 5.69. The van der Waals surface area contributed by atoms with Crippen LogP contribution in [0.5, 0.6) is 0 Å². The van der Waals surface area contributed by atoms with Crippen LogP contribution >= 0.6 is 0 Å². The second kappa shape index (κ2) is 9.43. The normalized spacial score (nSPS) is 22.8. The van der Waals surface area contributed by atoms with Gasteiger partial charge in [0.05, 0.1) is 6.04 Å². The van der Waals surface area contributed by atoms with Crippen molar-refractivity contribution in [1.82, 2.24) is 15.0 Å². The average molecular weight is 410 g/mol. The molecule has 1 saturated carbocycles. The fourth-order valence-electron chi connectivity index (χ4n) is 4.16. The number of nitrogens with zero attached hydrogens (tertiary/aromatic N) is 3. The summed E-state index contributed by atoms with van der Waals surface area (Å²) in [5.74, 6) is 1.49. The summed E-state index contributed by atoms with van der Waals surface area (Å²) in [5, 5.41) is 4.24. The first-order chi connectivity index (χ1) is 13.8. The maximum Gasteiger partial charge on any atom is 0.410 e. The van der Waals surface area contributed by atoms with Crippen molar-refractivity contribution in [3.8, 4) is 0 Å². The fraction of sp³-hybridized carbons (Fsp3) is 0.857. The van der Waals surface area contributed by atoms with Crippen LogP contribution in [0.1, 0.15) is 96.9 Å². The molecule has 2 unspecified atom stereocenters. The highest BCUT2D eigenvalue weighted by molar-refractivity contribution is 5.69. The number of carbonyl (C=O) groups is 1. The Kier molecular flexibility index (Phi) is 7.16. The molecule has 1 aromatic rings. The molecule has 8 heteroatoms. The lowest BCUT2D eigenvalue weighted by Gasteiger charge is -2.33. The van der Waals surface area contributed by atoms with Gasteiger partial charge >= 0.3 is 6.09 Å². The van der Waals surface area contributed by atoms with Gasteiger partial charge in [0.1, 0.15) is 11.7 Å². The predicted molar refractivity (Wildman–Crippen MR) is 106 cm³/mol. The molecule has 29 heavy (non-hydrogen) atoms. The van der Waals surface area contributed by atoms with Crippen LogP contribution in [-0.4, -0.2) is 52.2 Å². The van der Waals surface area contributed by atoms with Crippen molar-refractivity contribution in [3.63, 3.8) is 0 Å². The third-order valence-corrected chi connectivity index (χ3v) is 5.43. The van der Waals surface area contributed by atoms with E-state index in [2.05, 4.69) is 10.1 Å². The Bertz CT molecular complexity index is 666. The Morgan fingerprint density at radius 3 is 2.62 bits per heavy atom. The monoisotopic (exact) mass is 409 g/mol. The number of carbonyl (C=O) groups excluding carboxylic acids is 1. The van der Waals surface area contributed by atoms with E-state index in [4.69, 9.17) is 18.7 Å². The van der Waals surface area contributed by atoms with E-state index in [1.165, 1.54) is 12.8 Å². The Morgan fingerprint density at radius 1 is 1.24 bits per heavy atom. The van der Waals surface area contributed by atoms with Gasteiger partial charge in [-0.25, -0.2) is 4.79 Å². The first kappa shape index (κ1) is 22.0. The van der Waals surface area contributed by atoms with Gasteiger partial charge in [-0.2, -0.15) is 4.98 Å². The van der Waals surface area contributed by atoms with E-state index in [-0.39, 0.29) is 12.1 Å². The Hall–Kier alpha value is -1.67. The van der Waals surface area contributed by atoms with Crippen molar-refractivity contribution in [2.24, 2.45) is 0 Å². The van der Waals surface area contributed by atoms with Crippen LogP contribution in [0, 0.1) is 0 Å². The predicted octanol–water partition coefficient (Wildman–Crippen LogP) is 4.57. The molecule has 2 heterocycles. The van der Waals surface area contributed by atoms with Gasteiger partial charge in [0, 0.05) is 19.1 Å². The number of rotatable bonds is 7. The SMILES string of the molecule is CCO[C@H](C)OC(c1noc(C2CCCC2)n1)C1CCCN1C(=O)OC(C)(C)C. The van der Waals surface area contributed by atoms with Gasteiger partial charge in [0.15, 0.2) is 6.29 Å². The summed E-state index contributed by atoms with van der Waals surface area (Å²) >= 11 is 0. The molecule has 1 aliphatic heterocycles. The van der Waals surface area contributed by atoms with Gasteiger partial charge in [0.25, 0.3) is 0 Å². The second-order valence-corrected chi connectivity index (χ2v) is 8.94. The van der Waals surface area contributed by atoms with Crippen molar-refractivity contribution in [1.29, 1.82) is 0 Å². The minimum Gasteiger partial charge on any atom is -0.444 e. The number of amides is 1. The molecule has 0 spiro atoms. The van der Waals surface area contributed by atoms with E-state index in [0.29, 0.717) is 30.8 Å². The summed E-state index contributed by atoms with van der Waals surface area (Å²) in [6.07, 6.45) is 4.90. The molecule has 3 rings (SSSR count). The lowest BCUT2D eigenvalue weighted by Crippen LogP contribution is -2.44. The number of ether oxygens (including phenoxy) is 3. The largest absolute Gasteiger partial charge is 0.444 e. The van der Waals surface area contributed by atoms with Gasteiger partial charge in [0.2, 0.25) is 11.7 Å². The van der Waals surface area contributed by atoms with E-state index in [1.54, 1.807) is 4.90 Å². The van der Waals surface area contributed by atoms with E-state index < -0.39 is 18.0 Å². The number of aromatic nitrogens is 2. The van der Waals surface area contributed by atoms with Crippen molar-refractivity contribution < 1.29 is 23.5 Å². The van der Waals surface area contributed by atoms with Gasteiger partial charge in [-0.05, 0) is 60.3 Å². The van der Waals surface area contributed by atoms with Gasteiger partial charge in [-0.3, -0.25) is 0 Å². The maximum atomic E-state index is 12.8. The molecule has 0 radical (unpaired) electrons. The average Bonchev–Trinajstić information content (AvgIpc) is 3.39. The van der Waals surface area contributed by atoms with Crippen molar-refractivity contribution in [2.75, 3.05) is 13.2 Å². The lowest BCUT2D eigenvalue weighted by molar-refractivity contribution is -0.174. The highest BCUT2D eigenvalue weighted by atomic mass is 16.7. The lowest BCUT2D eigenvalue weighted by atomic mass is 10.1. The molecule has 1 amide bonds. The van der Waals surface area contributed by atoms with Crippen molar-refractivity contribution in [2.45, 2.75) is 103 Å². The molecule has 8 nitrogen and oxygen atoms in total. The summed E-state index contributed by atoms with van der Waals surface area (Å²) < 4.78 is 23.0. The van der Waals surface area contributed by atoms with E-state index in [0.717, 1.165) is 25.7 Å². The quantitative estimate of drug-likeness (QED) is 0.610. The molecule has 164 valence electrons. The van der Waals surface area contributed by atoms with Crippen LogP contribution in [0.4, 0.5) is 4.79 Å². The van der Waals surface area contributed by atoms with Crippen LogP contribution in [0.3, 0.4) is 0 Å². The van der Waals surface area contributed by atoms with Crippen LogP contribution in [0.2, 0.25) is 0 Å². The van der Waals surface area contributed by atoms with Gasteiger partial charge in [-0.15, -0.1) is 0 Å². The van der Waals surface area contributed by atoms with Crippen molar-refractivity contribution in [3.05, 3.63) is 11.7 Å². The maximum absolute atomic E-state index is 12.8. The van der Waals surface area contributed by atoms with Crippen LogP contribution in [-0.2, 0) is 14.2 Å². The molecule has 0 bridgehead atoms. The first-order valence-corrected chi connectivity index (χ1v) is 10.9. The highest BCUT2D eigenvalue weighted by Crippen LogP contribution is 2.36. The molecule has 2 fully saturated rings. The Morgan fingerprint density at radius 2 is 1.97 bits per heavy atom. The van der Waals surface area contributed by atoms with Crippen LogP contribution in [0.15, 0.2) is 4.52 Å². The van der Waals surface area contributed by atoms with E-state index >= 15 is 0 Å². The molecular weight excluding hydrogens is 374 g/mol. The summed E-state index contributed by atoms with van der Waals surface area (Å²) in [6, 6.07) is -0.221. The van der Waals surface area contributed by atoms with Gasteiger partial charge in [-0.1, -0.05) is 18.0 Å². The van der Waals surface area contributed by atoms with E-state index in [9.17, 15) is 4.79 Å². The van der Waals surface area contributed by atoms with Crippen LogP contribution in [0.25, 0.3) is 0 Å². The third-order valence-electron chi connectivity index (χ3n) is 5.43. The summed E-state index contributed by atoms with van der Waals surface area (Å²) in [5.41, 5.74) is -0.555. The minimum absolute atomic E-state index is 0.221. The Labute approximate surface area is 173 Å². The zero-order valence-electron chi connectivity index (χ0n) is 18.3. The zero-order chi connectivity index (χ0) is 21.0. The highest BCUT2D eigenvalue weighted by Gasteiger charge is 2.41. The fourth-order valence-corrected chi connectivity index (χ4v) is 4.16. The summed E-state index contributed by atoms with van der Waals surface area (Å²) in [4.78, 5) is 19.2. The van der Waals surface area contributed by atoms with Gasteiger partial charge < -0.3 is 23.6 Å². The number of hydrogen-bond acceptors (Lipinski definition) is 7. The first-order valence-electron chi connectivity index (χ1n) is 10.9. The molecule has 3 atom stereocenters. The topological polar surface area (TPSA) is 86.9 Å². The second-order valence-electron chi connectivity index (χ2n) is 8.94. The number of likely N-dealkylation sites (tertiary alicyclic amines) is 1. The molecule has 1 aliphatic carbocycles. The standard InChI is InChI=1S/C21H35N3O5/c1-6-26-14(2)27-17(18-22-19(29-23-18)15-10-7-8-11-15)16-12-9-13-24(16)20(25)28-21(3,4)5/h14-17H,6-13H2,1-5H3/t14-,16?,17?/m0/s1. The summed E-state index contributed by atoms with van der Waals surface area (Å²) in [7, 11) is 0. The summed E-state index contributed by atoms with van der Waals surface area (Å²) in [6.45, 7) is 10.5. The molecule has 0 aromatic carbocycles. The molecule has 1 aromatic heterocycles.